The fraction of sp³-hybridized carbons (Fsp3) is 0.143. The molecule has 2 N–H and O–H groups in total. The molecule has 1 aliphatic heterocycles. The van der Waals surface area contributed by atoms with Crippen LogP contribution in [0.3, 0.4) is 0 Å². The summed E-state index contributed by atoms with van der Waals surface area (Å²) in [5.74, 6) is 0. The van der Waals surface area contributed by atoms with Gasteiger partial charge in [-0.3, -0.25) is 0 Å². The highest BCUT2D eigenvalue weighted by Crippen LogP contribution is 2.44. The van der Waals surface area contributed by atoms with Crippen LogP contribution in [0.2, 0.25) is 26.2 Å². The van der Waals surface area contributed by atoms with Crippen LogP contribution in [0.15, 0.2) is 121 Å². The summed E-state index contributed by atoms with van der Waals surface area (Å²) in [4.78, 5) is 25.8. The molecule has 8 heteroatoms. The van der Waals surface area contributed by atoms with Crippen LogP contribution in [-0.4, -0.2) is 51.1 Å². The predicted octanol–water partition coefficient (Wildman–Crippen LogP) is 2.51. The van der Waals surface area contributed by atoms with Gasteiger partial charge < -0.3 is 17.4 Å². The van der Waals surface area contributed by atoms with Crippen molar-refractivity contribution in [1.29, 1.82) is 0 Å². The lowest BCUT2D eigenvalue weighted by molar-refractivity contribution is 0.446. The van der Waals surface area contributed by atoms with Crippen molar-refractivity contribution in [3.63, 3.8) is 0 Å². The first-order valence-electron chi connectivity index (χ1n) is 12.4. The summed E-state index contributed by atoms with van der Waals surface area (Å²) in [5.41, 5.74) is 0. The SMILES string of the molecule is C[Si]1(C)N([Si](O)(c2ccccc2)c2ccccc2)[Si](C)(C)N1[Si](O)(c1ccccc1)c1ccccc1. The van der Waals surface area contributed by atoms with Gasteiger partial charge in [0.2, 0.25) is 0 Å². The van der Waals surface area contributed by atoms with Crippen LogP contribution in [0, 0.1) is 0 Å². The Balaban J connectivity index is 1.72. The molecule has 0 aliphatic carbocycles. The van der Waals surface area contributed by atoms with Crippen molar-refractivity contribution in [2.24, 2.45) is 0 Å². The zero-order chi connectivity index (χ0) is 25.6. The third-order valence-corrected chi connectivity index (χ3v) is 34.8. The van der Waals surface area contributed by atoms with Crippen LogP contribution < -0.4 is 20.7 Å². The Morgan fingerprint density at radius 1 is 0.417 bits per heavy atom. The Morgan fingerprint density at radius 2 is 0.611 bits per heavy atom. The second kappa shape index (κ2) is 9.16. The lowest BCUT2D eigenvalue weighted by Crippen LogP contribution is -3.04. The first-order chi connectivity index (χ1) is 17.2. The maximum Gasteiger partial charge on any atom is 0.324 e. The molecule has 0 bridgehead atoms. The van der Waals surface area contributed by atoms with Crippen molar-refractivity contribution >= 4 is 54.5 Å². The van der Waals surface area contributed by atoms with E-state index in [1.807, 2.05) is 72.8 Å². The molecule has 0 unspecified atom stereocenters. The molecule has 0 atom stereocenters. The zero-order valence-electron chi connectivity index (χ0n) is 21.3. The van der Waals surface area contributed by atoms with Gasteiger partial charge in [0.25, 0.3) is 0 Å². The molecule has 0 aromatic heterocycles. The first-order valence-corrected chi connectivity index (χ1v) is 22.0. The van der Waals surface area contributed by atoms with E-state index >= 15 is 0 Å². The van der Waals surface area contributed by atoms with E-state index in [2.05, 4.69) is 82.5 Å². The maximum atomic E-state index is 12.9. The quantitative estimate of drug-likeness (QED) is 0.368. The van der Waals surface area contributed by atoms with E-state index in [1.54, 1.807) is 0 Å². The van der Waals surface area contributed by atoms with Crippen molar-refractivity contribution in [2.45, 2.75) is 26.2 Å². The minimum Gasteiger partial charge on any atom is -0.413 e. The van der Waals surface area contributed by atoms with Crippen LogP contribution in [0.25, 0.3) is 0 Å². The van der Waals surface area contributed by atoms with Gasteiger partial charge >= 0.3 is 17.0 Å². The predicted molar refractivity (Wildman–Crippen MR) is 159 cm³/mol. The van der Waals surface area contributed by atoms with Crippen LogP contribution in [-0.2, 0) is 0 Å². The van der Waals surface area contributed by atoms with Gasteiger partial charge in [0.15, 0.2) is 16.8 Å². The summed E-state index contributed by atoms with van der Waals surface area (Å²) in [6.07, 6.45) is 0. The van der Waals surface area contributed by atoms with E-state index in [0.717, 1.165) is 20.7 Å². The fourth-order valence-electron chi connectivity index (χ4n) is 6.61. The number of hydrogen-bond donors (Lipinski definition) is 2. The number of hydrogen-bond acceptors (Lipinski definition) is 4. The van der Waals surface area contributed by atoms with Crippen molar-refractivity contribution in [1.82, 2.24) is 7.79 Å². The summed E-state index contributed by atoms with van der Waals surface area (Å²) in [5, 5.41) is 4.01. The lowest BCUT2D eigenvalue weighted by atomic mass is 10.4. The second-order valence-corrected chi connectivity index (χ2v) is 26.8. The van der Waals surface area contributed by atoms with Crippen LogP contribution in [0.5, 0.6) is 0 Å². The standard InChI is InChI=1S/C28H34N2O2Si4/c1-33(2)29(35(31,25-17-9-5-10-18-25)26-19-11-6-12-20-26)34(3,4)30(33)36(32,27-21-13-7-14-22-27)28-23-15-8-16-24-28/h5-24,31-32H,1-4H3. The van der Waals surface area contributed by atoms with E-state index in [1.165, 1.54) is 0 Å². The highest BCUT2D eigenvalue weighted by Gasteiger charge is 2.74. The smallest absolute Gasteiger partial charge is 0.324 e. The van der Waals surface area contributed by atoms with Crippen molar-refractivity contribution < 1.29 is 9.59 Å². The Kier molecular flexibility index (Phi) is 6.42. The third kappa shape index (κ3) is 3.68. The zero-order valence-corrected chi connectivity index (χ0v) is 25.3. The lowest BCUT2D eigenvalue weighted by Gasteiger charge is -2.74. The van der Waals surface area contributed by atoms with E-state index < -0.39 is 33.8 Å². The van der Waals surface area contributed by atoms with E-state index in [4.69, 9.17) is 0 Å². The van der Waals surface area contributed by atoms with Gasteiger partial charge in [-0.2, -0.15) is 0 Å². The molecular weight excluding hydrogens is 509 g/mol. The van der Waals surface area contributed by atoms with Gasteiger partial charge in [0, 0.05) is 0 Å². The Morgan fingerprint density at radius 3 is 0.806 bits per heavy atom. The Labute approximate surface area is 218 Å². The molecule has 1 aliphatic rings. The molecule has 0 spiro atoms. The molecular formula is C28H34N2O2Si4. The molecule has 0 amide bonds. The summed E-state index contributed by atoms with van der Waals surface area (Å²) < 4.78 is 5.11. The minimum absolute atomic E-state index is 1.00. The van der Waals surface area contributed by atoms with Gasteiger partial charge in [-0.25, -0.2) is 0 Å². The third-order valence-electron chi connectivity index (χ3n) is 7.54. The summed E-state index contributed by atoms with van der Waals surface area (Å²) in [7, 11) is -11.6. The fourth-order valence-corrected chi connectivity index (χ4v) is 41.4. The first kappa shape index (κ1) is 25.2. The normalized spacial score (nSPS) is 17.9. The number of nitrogens with zero attached hydrogens (tertiary/aromatic N) is 2. The highest BCUT2D eigenvalue weighted by molar-refractivity contribution is 7.25. The van der Waals surface area contributed by atoms with E-state index in [0.29, 0.717) is 0 Å². The maximum absolute atomic E-state index is 12.9. The molecule has 0 radical (unpaired) electrons. The van der Waals surface area contributed by atoms with E-state index in [9.17, 15) is 9.59 Å². The number of rotatable bonds is 6. The van der Waals surface area contributed by atoms with Gasteiger partial charge in [0.1, 0.15) is 0 Å². The summed E-state index contributed by atoms with van der Waals surface area (Å²) in [6.45, 7) is 9.22. The molecule has 0 saturated carbocycles. The topological polar surface area (TPSA) is 46.9 Å². The van der Waals surface area contributed by atoms with Gasteiger partial charge in [-0.05, 0) is 46.9 Å². The van der Waals surface area contributed by atoms with Gasteiger partial charge in [-0.1, -0.05) is 121 Å². The molecule has 4 nitrogen and oxygen atoms in total. The van der Waals surface area contributed by atoms with Gasteiger partial charge in [-0.15, -0.1) is 0 Å². The van der Waals surface area contributed by atoms with E-state index in [-0.39, 0.29) is 0 Å². The average molecular weight is 543 g/mol. The minimum atomic E-state index is -3.29. The summed E-state index contributed by atoms with van der Waals surface area (Å²) in [6, 6.07) is 40.8. The molecule has 184 valence electrons. The average Bonchev–Trinajstić information content (AvgIpc) is 2.90. The molecule has 5 rings (SSSR count). The number of benzene rings is 4. The van der Waals surface area contributed by atoms with Crippen LogP contribution in [0.4, 0.5) is 0 Å². The molecule has 4 aromatic carbocycles. The Hall–Kier alpha value is -2.41. The molecule has 4 aromatic rings. The monoisotopic (exact) mass is 542 g/mol. The van der Waals surface area contributed by atoms with Crippen LogP contribution >= 0.6 is 0 Å². The van der Waals surface area contributed by atoms with Crippen molar-refractivity contribution in [3.05, 3.63) is 121 Å². The van der Waals surface area contributed by atoms with Crippen molar-refractivity contribution in [2.75, 3.05) is 0 Å². The van der Waals surface area contributed by atoms with Crippen molar-refractivity contribution in [3.8, 4) is 0 Å². The molecule has 1 heterocycles. The molecule has 36 heavy (non-hydrogen) atoms. The van der Waals surface area contributed by atoms with Crippen LogP contribution in [0.1, 0.15) is 0 Å². The highest BCUT2D eigenvalue weighted by atomic mass is 28.6. The molecule has 1 saturated heterocycles. The largest absolute Gasteiger partial charge is 0.413 e. The molecule has 1 fully saturated rings. The summed E-state index contributed by atoms with van der Waals surface area (Å²) >= 11 is 0. The van der Waals surface area contributed by atoms with Gasteiger partial charge in [0.05, 0.1) is 0 Å². The second-order valence-electron chi connectivity index (χ2n) is 10.5. The Bertz CT molecular complexity index is 1130.